The second-order valence-corrected chi connectivity index (χ2v) is 6.30. The number of likely N-dealkylation sites (tertiary alicyclic amines) is 1. The zero-order valence-corrected chi connectivity index (χ0v) is 12.3. The highest BCUT2D eigenvalue weighted by Gasteiger charge is 2.29. The molecule has 2 rings (SSSR count). The number of amides is 1. The van der Waals surface area contributed by atoms with Crippen molar-refractivity contribution < 1.29 is 14.7 Å². The van der Waals surface area contributed by atoms with Crippen LogP contribution >= 0.6 is 0 Å². The molecule has 114 valence electrons. The average Bonchev–Trinajstić information content (AvgIpc) is 2.78. The summed E-state index contributed by atoms with van der Waals surface area (Å²) in [7, 11) is 0. The van der Waals surface area contributed by atoms with Crippen LogP contribution in [0.2, 0.25) is 0 Å². The number of nitrogens with one attached hydrogen (secondary N) is 1. The number of hydrogen-bond donors (Lipinski definition) is 2. The van der Waals surface area contributed by atoms with Gasteiger partial charge in [-0.15, -0.1) is 0 Å². The van der Waals surface area contributed by atoms with Gasteiger partial charge in [0.15, 0.2) is 0 Å². The van der Waals surface area contributed by atoms with E-state index in [1.165, 1.54) is 19.3 Å². The Kier molecular flexibility index (Phi) is 5.40. The molecule has 1 aliphatic carbocycles. The summed E-state index contributed by atoms with van der Waals surface area (Å²) < 4.78 is 0. The molecule has 1 saturated carbocycles. The second-order valence-electron chi connectivity index (χ2n) is 6.30. The molecular formula is C15H26N2O3. The Balaban J connectivity index is 1.79. The number of nitrogens with zero attached hydrogens (tertiary/aromatic N) is 1. The predicted molar refractivity (Wildman–Crippen MR) is 76.4 cm³/mol. The van der Waals surface area contributed by atoms with Crippen LogP contribution < -0.4 is 5.32 Å². The Hall–Kier alpha value is -1.10. The smallest absolute Gasteiger partial charge is 0.304 e. The van der Waals surface area contributed by atoms with Gasteiger partial charge in [-0.1, -0.05) is 19.8 Å². The van der Waals surface area contributed by atoms with Gasteiger partial charge in [0.05, 0.1) is 13.0 Å². The van der Waals surface area contributed by atoms with E-state index in [0.717, 1.165) is 25.8 Å². The summed E-state index contributed by atoms with van der Waals surface area (Å²) in [6.07, 6.45) is 6.75. The molecule has 5 nitrogen and oxygen atoms in total. The Labute approximate surface area is 120 Å². The van der Waals surface area contributed by atoms with Gasteiger partial charge in [-0.25, -0.2) is 0 Å². The number of carbonyl (C=O) groups excluding carboxylic acids is 1. The van der Waals surface area contributed by atoms with Gasteiger partial charge in [-0.2, -0.15) is 0 Å². The van der Waals surface area contributed by atoms with E-state index in [0.29, 0.717) is 18.5 Å². The molecule has 2 fully saturated rings. The lowest BCUT2D eigenvalue weighted by Crippen LogP contribution is -2.46. The lowest BCUT2D eigenvalue weighted by atomic mass is 9.86. The van der Waals surface area contributed by atoms with E-state index in [-0.39, 0.29) is 18.4 Å². The molecule has 0 radical (unpaired) electrons. The number of rotatable bonds is 5. The van der Waals surface area contributed by atoms with Crippen LogP contribution in [0.5, 0.6) is 0 Å². The van der Waals surface area contributed by atoms with Crippen molar-refractivity contribution in [2.24, 2.45) is 5.92 Å². The van der Waals surface area contributed by atoms with Gasteiger partial charge in [0.25, 0.3) is 0 Å². The van der Waals surface area contributed by atoms with Gasteiger partial charge in [0.1, 0.15) is 0 Å². The van der Waals surface area contributed by atoms with Crippen LogP contribution in [0.4, 0.5) is 0 Å². The van der Waals surface area contributed by atoms with Crippen molar-refractivity contribution in [3.63, 3.8) is 0 Å². The standard InChI is InChI=1S/C15H26N2O3/c1-11-5-2-3-7-13(11)16-14(18)10-17-8-4-6-12(17)9-15(19)20/h11-13H,2-10H2,1H3,(H,16,18)(H,19,20). The summed E-state index contributed by atoms with van der Waals surface area (Å²) in [6.45, 7) is 3.39. The van der Waals surface area contributed by atoms with E-state index in [4.69, 9.17) is 5.11 Å². The Bertz CT molecular complexity index is 359. The third-order valence-electron chi connectivity index (χ3n) is 4.71. The molecule has 0 aromatic rings. The number of hydrogen-bond acceptors (Lipinski definition) is 3. The van der Waals surface area contributed by atoms with Crippen LogP contribution in [0.25, 0.3) is 0 Å². The molecule has 0 bridgehead atoms. The minimum absolute atomic E-state index is 0.0297. The van der Waals surface area contributed by atoms with Gasteiger partial charge in [-0.3, -0.25) is 14.5 Å². The first-order valence-corrected chi connectivity index (χ1v) is 7.81. The molecule has 1 heterocycles. The van der Waals surface area contributed by atoms with Gasteiger partial charge in [0, 0.05) is 12.1 Å². The Morgan fingerprint density at radius 2 is 1.95 bits per heavy atom. The zero-order valence-electron chi connectivity index (χ0n) is 12.3. The SMILES string of the molecule is CC1CCCCC1NC(=O)CN1CCCC1CC(=O)O. The molecule has 2 N–H and O–H groups in total. The fourth-order valence-corrected chi connectivity index (χ4v) is 3.50. The van der Waals surface area contributed by atoms with E-state index in [1.54, 1.807) is 0 Å². The number of carboxylic acids is 1. The summed E-state index contributed by atoms with van der Waals surface area (Å²) in [4.78, 5) is 25.0. The average molecular weight is 282 g/mol. The third-order valence-corrected chi connectivity index (χ3v) is 4.71. The molecule has 1 aliphatic heterocycles. The predicted octanol–water partition coefficient (Wildman–Crippen LogP) is 1.62. The summed E-state index contributed by atoms with van der Waals surface area (Å²) in [6, 6.07) is 0.332. The van der Waals surface area contributed by atoms with E-state index in [1.807, 2.05) is 4.90 Å². The molecule has 20 heavy (non-hydrogen) atoms. The maximum Gasteiger partial charge on any atom is 0.304 e. The molecule has 0 aromatic carbocycles. The molecule has 3 unspecified atom stereocenters. The largest absolute Gasteiger partial charge is 0.481 e. The molecule has 2 aliphatic rings. The summed E-state index contributed by atoms with van der Waals surface area (Å²) in [5, 5.41) is 12.0. The van der Waals surface area contributed by atoms with Crippen LogP contribution in [-0.4, -0.2) is 47.1 Å². The number of carbonyl (C=O) groups is 2. The number of carboxylic acid groups (broad SMARTS) is 1. The van der Waals surface area contributed by atoms with Crippen molar-refractivity contribution in [1.82, 2.24) is 10.2 Å². The maximum atomic E-state index is 12.1. The Morgan fingerprint density at radius 3 is 2.65 bits per heavy atom. The van der Waals surface area contributed by atoms with Crippen LogP contribution in [0.1, 0.15) is 51.9 Å². The molecule has 3 atom stereocenters. The van der Waals surface area contributed by atoms with Crippen molar-refractivity contribution >= 4 is 11.9 Å². The maximum absolute atomic E-state index is 12.1. The van der Waals surface area contributed by atoms with Gasteiger partial charge in [0.2, 0.25) is 5.91 Å². The molecular weight excluding hydrogens is 256 g/mol. The zero-order chi connectivity index (χ0) is 14.5. The first kappa shape index (κ1) is 15.3. The normalized spacial score (nSPS) is 31.1. The van der Waals surface area contributed by atoms with Crippen molar-refractivity contribution in [2.45, 2.75) is 64.0 Å². The summed E-state index contributed by atoms with van der Waals surface area (Å²) in [5.74, 6) is -0.162. The van der Waals surface area contributed by atoms with Crippen LogP contribution in [0.15, 0.2) is 0 Å². The first-order valence-electron chi connectivity index (χ1n) is 7.81. The van der Waals surface area contributed by atoms with Crippen molar-refractivity contribution in [3.8, 4) is 0 Å². The highest BCUT2D eigenvalue weighted by atomic mass is 16.4. The topological polar surface area (TPSA) is 69.6 Å². The fraction of sp³-hybridized carbons (Fsp3) is 0.867. The molecule has 1 saturated heterocycles. The van der Waals surface area contributed by atoms with Crippen LogP contribution in [0, 0.1) is 5.92 Å². The molecule has 1 amide bonds. The van der Waals surface area contributed by atoms with Crippen LogP contribution in [-0.2, 0) is 9.59 Å². The minimum Gasteiger partial charge on any atom is -0.481 e. The van der Waals surface area contributed by atoms with Crippen molar-refractivity contribution in [2.75, 3.05) is 13.1 Å². The monoisotopic (exact) mass is 282 g/mol. The first-order chi connectivity index (χ1) is 9.56. The van der Waals surface area contributed by atoms with Gasteiger partial charge >= 0.3 is 5.97 Å². The molecule has 0 aromatic heterocycles. The lowest BCUT2D eigenvalue weighted by Gasteiger charge is -2.30. The molecule has 5 heteroatoms. The minimum atomic E-state index is -0.775. The number of aliphatic carboxylic acids is 1. The van der Waals surface area contributed by atoms with E-state index < -0.39 is 5.97 Å². The highest BCUT2D eigenvalue weighted by Crippen LogP contribution is 2.24. The van der Waals surface area contributed by atoms with Gasteiger partial charge in [-0.05, 0) is 38.1 Å². The van der Waals surface area contributed by atoms with Crippen molar-refractivity contribution in [1.29, 1.82) is 0 Å². The summed E-state index contributed by atoms with van der Waals surface area (Å²) in [5.41, 5.74) is 0. The van der Waals surface area contributed by atoms with E-state index in [2.05, 4.69) is 12.2 Å². The Morgan fingerprint density at radius 1 is 1.20 bits per heavy atom. The third kappa shape index (κ3) is 4.20. The molecule has 0 spiro atoms. The highest BCUT2D eigenvalue weighted by molar-refractivity contribution is 5.78. The quantitative estimate of drug-likeness (QED) is 0.804. The lowest BCUT2D eigenvalue weighted by molar-refractivity contribution is -0.138. The summed E-state index contributed by atoms with van der Waals surface area (Å²) >= 11 is 0. The van der Waals surface area contributed by atoms with E-state index >= 15 is 0 Å². The van der Waals surface area contributed by atoms with E-state index in [9.17, 15) is 9.59 Å². The second kappa shape index (κ2) is 7.07. The van der Waals surface area contributed by atoms with Crippen LogP contribution in [0.3, 0.4) is 0 Å². The van der Waals surface area contributed by atoms with Crippen molar-refractivity contribution in [3.05, 3.63) is 0 Å². The fourth-order valence-electron chi connectivity index (χ4n) is 3.50. The van der Waals surface area contributed by atoms with Gasteiger partial charge < -0.3 is 10.4 Å².